The second-order valence-corrected chi connectivity index (χ2v) is 7.40. The molecule has 21 heavy (non-hydrogen) atoms. The second-order valence-electron chi connectivity index (χ2n) is 7.40. The van der Waals surface area contributed by atoms with Gasteiger partial charge in [-0.2, -0.15) is 0 Å². The Labute approximate surface area is 128 Å². The van der Waals surface area contributed by atoms with Crippen LogP contribution in [-0.2, 0) is 12.5 Å². The molecule has 0 aliphatic carbocycles. The molecule has 0 amide bonds. The summed E-state index contributed by atoms with van der Waals surface area (Å²) in [5.74, 6) is 0. The SMILES string of the molecule is CN1CCN(c2cn(C)c3cc(C(C)(C)C)ccc23)CC1. The van der Waals surface area contributed by atoms with E-state index >= 15 is 0 Å². The fraction of sp³-hybridized carbons (Fsp3) is 0.556. The van der Waals surface area contributed by atoms with E-state index in [2.05, 4.69) is 73.6 Å². The first-order chi connectivity index (χ1) is 9.86. The summed E-state index contributed by atoms with van der Waals surface area (Å²) in [6, 6.07) is 6.96. The van der Waals surface area contributed by atoms with E-state index in [1.54, 1.807) is 0 Å². The Hall–Kier alpha value is -1.48. The van der Waals surface area contributed by atoms with Gasteiger partial charge >= 0.3 is 0 Å². The number of fused-ring (bicyclic) bond motifs is 1. The maximum Gasteiger partial charge on any atom is 0.0626 e. The average molecular weight is 285 g/mol. The molecule has 0 N–H and O–H groups in total. The summed E-state index contributed by atoms with van der Waals surface area (Å²) in [5, 5.41) is 1.38. The third-order valence-corrected chi connectivity index (χ3v) is 4.68. The molecule has 3 heteroatoms. The van der Waals surface area contributed by atoms with Crippen molar-refractivity contribution in [2.24, 2.45) is 7.05 Å². The van der Waals surface area contributed by atoms with Crippen LogP contribution in [0.5, 0.6) is 0 Å². The van der Waals surface area contributed by atoms with Gasteiger partial charge in [0.2, 0.25) is 0 Å². The van der Waals surface area contributed by atoms with Crippen LogP contribution in [0.3, 0.4) is 0 Å². The molecule has 2 heterocycles. The van der Waals surface area contributed by atoms with E-state index in [-0.39, 0.29) is 5.41 Å². The van der Waals surface area contributed by atoms with Crippen molar-refractivity contribution in [1.29, 1.82) is 0 Å². The fourth-order valence-corrected chi connectivity index (χ4v) is 3.13. The van der Waals surface area contributed by atoms with Crippen molar-refractivity contribution in [3.63, 3.8) is 0 Å². The third kappa shape index (κ3) is 2.67. The molecule has 114 valence electrons. The molecule has 0 bridgehead atoms. The molecule has 0 spiro atoms. The minimum atomic E-state index is 0.201. The van der Waals surface area contributed by atoms with E-state index in [4.69, 9.17) is 0 Å². The highest BCUT2D eigenvalue weighted by atomic mass is 15.3. The van der Waals surface area contributed by atoms with Crippen LogP contribution in [-0.4, -0.2) is 42.7 Å². The zero-order chi connectivity index (χ0) is 15.2. The number of hydrogen-bond acceptors (Lipinski definition) is 2. The molecular formula is C18H27N3. The Morgan fingerprint density at radius 1 is 0.952 bits per heavy atom. The second kappa shape index (κ2) is 5.06. The number of benzene rings is 1. The normalized spacial score (nSPS) is 17.7. The van der Waals surface area contributed by atoms with Crippen LogP contribution >= 0.6 is 0 Å². The van der Waals surface area contributed by atoms with Crippen LogP contribution in [0.15, 0.2) is 24.4 Å². The van der Waals surface area contributed by atoms with Gasteiger partial charge in [0, 0.05) is 44.8 Å². The smallest absolute Gasteiger partial charge is 0.0626 e. The monoisotopic (exact) mass is 285 g/mol. The van der Waals surface area contributed by atoms with E-state index in [0.29, 0.717) is 0 Å². The Balaban J connectivity index is 2.02. The van der Waals surface area contributed by atoms with Gasteiger partial charge in [0.05, 0.1) is 11.2 Å². The van der Waals surface area contributed by atoms with Crippen molar-refractivity contribution in [2.45, 2.75) is 26.2 Å². The zero-order valence-electron chi connectivity index (χ0n) is 14.0. The molecule has 1 aromatic heterocycles. The van der Waals surface area contributed by atoms with Gasteiger partial charge in [0.25, 0.3) is 0 Å². The van der Waals surface area contributed by atoms with E-state index in [9.17, 15) is 0 Å². The lowest BCUT2D eigenvalue weighted by Crippen LogP contribution is -2.44. The molecular weight excluding hydrogens is 258 g/mol. The molecule has 3 rings (SSSR count). The third-order valence-electron chi connectivity index (χ3n) is 4.68. The Morgan fingerprint density at radius 3 is 2.24 bits per heavy atom. The topological polar surface area (TPSA) is 11.4 Å². The summed E-state index contributed by atoms with van der Waals surface area (Å²) in [6.45, 7) is 11.4. The predicted octanol–water partition coefficient (Wildman–Crippen LogP) is 3.23. The first kappa shape index (κ1) is 14.5. The molecule has 1 aliphatic rings. The molecule has 1 aromatic carbocycles. The van der Waals surface area contributed by atoms with Crippen molar-refractivity contribution in [3.8, 4) is 0 Å². The van der Waals surface area contributed by atoms with Crippen molar-refractivity contribution in [1.82, 2.24) is 9.47 Å². The van der Waals surface area contributed by atoms with Crippen LogP contribution in [0.4, 0.5) is 5.69 Å². The average Bonchev–Trinajstić information content (AvgIpc) is 2.76. The lowest BCUT2D eigenvalue weighted by Gasteiger charge is -2.33. The minimum absolute atomic E-state index is 0.201. The molecule has 2 aromatic rings. The van der Waals surface area contributed by atoms with E-state index in [1.807, 2.05) is 0 Å². The van der Waals surface area contributed by atoms with Crippen molar-refractivity contribution >= 4 is 16.6 Å². The highest BCUT2D eigenvalue weighted by Crippen LogP contribution is 2.33. The lowest BCUT2D eigenvalue weighted by molar-refractivity contribution is 0.313. The number of piperazine rings is 1. The maximum atomic E-state index is 2.53. The van der Waals surface area contributed by atoms with Crippen molar-refractivity contribution in [3.05, 3.63) is 30.0 Å². The van der Waals surface area contributed by atoms with Crippen molar-refractivity contribution in [2.75, 3.05) is 38.1 Å². The lowest BCUT2D eigenvalue weighted by atomic mass is 9.86. The van der Waals surface area contributed by atoms with E-state index in [1.165, 1.54) is 22.2 Å². The summed E-state index contributed by atoms with van der Waals surface area (Å²) >= 11 is 0. The van der Waals surface area contributed by atoms with Gasteiger partial charge in [-0.05, 0) is 24.1 Å². The zero-order valence-corrected chi connectivity index (χ0v) is 14.0. The van der Waals surface area contributed by atoms with Crippen LogP contribution in [0.2, 0.25) is 0 Å². The van der Waals surface area contributed by atoms with Gasteiger partial charge < -0.3 is 14.4 Å². The Bertz CT molecular complexity index is 640. The van der Waals surface area contributed by atoms with Gasteiger partial charge in [-0.15, -0.1) is 0 Å². The highest BCUT2D eigenvalue weighted by Gasteiger charge is 2.20. The summed E-state index contributed by atoms with van der Waals surface area (Å²) < 4.78 is 2.28. The van der Waals surface area contributed by atoms with Crippen molar-refractivity contribution < 1.29 is 0 Å². The number of aryl methyl sites for hydroxylation is 1. The Morgan fingerprint density at radius 2 is 1.62 bits per heavy atom. The molecule has 0 saturated carbocycles. The number of hydrogen-bond donors (Lipinski definition) is 0. The quantitative estimate of drug-likeness (QED) is 0.797. The predicted molar refractivity (Wildman–Crippen MR) is 91.3 cm³/mol. The van der Waals surface area contributed by atoms with Crippen LogP contribution in [0.1, 0.15) is 26.3 Å². The largest absolute Gasteiger partial charge is 0.367 e. The first-order valence-electron chi connectivity index (χ1n) is 7.89. The van der Waals surface area contributed by atoms with Gasteiger partial charge in [-0.25, -0.2) is 0 Å². The molecule has 1 fully saturated rings. The summed E-state index contributed by atoms with van der Waals surface area (Å²) in [6.07, 6.45) is 2.29. The minimum Gasteiger partial charge on any atom is -0.367 e. The Kier molecular flexibility index (Phi) is 3.48. The van der Waals surface area contributed by atoms with Gasteiger partial charge in [0.15, 0.2) is 0 Å². The van der Waals surface area contributed by atoms with Gasteiger partial charge in [0.1, 0.15) is 0 Å². The first-order valence-corrected chi connectivity index (χ1v) is 7.89. The molecule has 0 atom stereocenters. The number of aromatic nitrogens is 1. The highest BCUT2D eigenvalue weighted by molar-refractivity contribution is 5.94. The van der Waals surface area contributed by atoms with Gasteiger partial charge in [-0.1, -0.05) is 32.9 Å². The maximum absolute atomic E-state index is 2.53. The van der Waals surface area contributed by atoms with Crippen LogP contribution in [0.25, 0.3) is 10.9 Å². The molecule has 0 radical (unpaired) electrons. The molecule has 3 nitrogen and oxygen atoms in total. The van der Waals surface area contributed by atoms with E-state index < -0.39 is 0 Å². The number of nitrogens with zero attached hydrogens (tertiary/aromatic N) is 3. The van der Waals surface area contributed by atoms with Crippen LogP contribution in [0, 0.1) is 0 Å². The van der Waals surface area contributed by atoms with E-state index in [0.717, 1.165) is 26.2 Å². The summed E-state index contributed by atoms with van der Waals surface area (Å²) in [7, 11) is 4.37. The number of anilines is 1. The van der Waals surface area contributed by atoms with Gasteiger partial charge in [-0.3, -0.25) is 0 Å². The standard InChI is InChI=1S/C18H27N3/c1-18(2,3)14-6-7-15-16(12-14)20(5)13-17(15)21-10-8-19(4)9-11-21/h6-7,12-13H,8-11H2,1-5H3. The molecule has 0 unspecified atom stereocenters. The summed E-state index contributed by atoms with van der Waals surface area (Å²) in [4.78, 5) is 4.93. The number of rotatable bonds is 1. The van der Waals surface area contributed by atoms with Crippen LogP contribution < -0.4 is 4.90 Å². The molecule has 1 aliphatic heterocycles. The fourth-order valence-electron chi connectivity index (χ4n) is 3.13. The summed E-state index contributed by atoms with van der Waals surface area (Å²) in [5.41, 5.74) is 4.34. The molecule has 1 saturated heterocycles. The number of likely N-dealkylation sites (N-methyl/N-ethyl adjacent to an activating group) is 1.